The van der Waals surface area contributed by atoms with Crippen molar-refractivity contribution in [1.82, 2.24) is 24.6 Å². The Bertz CT molecular complexity index is 1480. The van der Waals surface area contributed by atoms with Gasteiger partial charge < -0.3 is 5.32 Å². The van der Waals surface area contributed by atoms with Gasteiger partial charge >= 0.3 is 6.18 Å². The van der Waals surface area contributed by atoms with Crippen LogP contribution in [0.3, 0.4) is 0 Å². The molecule has 1 saturated heterocycles. The van der Waals surface area contributed by atoms with Gasteiger partial charge in [-0.1, -0.05) is 0 Å². The van der Waals surface area contributed by atoms with E-state index >= 15 is 0 Å². The summed E-state index contributed by atoms with van der Waals surface area (Å²) in [6, 6.07) is 6.49. The van der Waals surface area contributed by atoms with E-state index in [4.69, 9.17) is 0 Å². The standard InChI is InChI=1S/C26H25F4N5O3S/c1-15-2-9-23(35(15)39(37,38)21-7-5-19(27)6-8-21)24(36)31-14-20-10-17(11-22(34-20)16-3-4-16)18-12-32-25(33-13-18)26(28,29)30/h5-8,10-13,15-16,23H,2-4,9,14H2,1H3,(H,31,36)/t15-,23-/m0/s1. The zero-order valence-corrected chi connectivity index (χ0v) is 21.6. The smallest absolute Gasteiger partial charge is 0.349 e. The summed E-state index contributed by atoms with van der Waals surface area (Å²) in [7, 11) is -4.05. The maximum atomic E-state index is 13.3. The molecule has 1 N–H and O–H groups in total. The minimum absolute atomic E-state index is 0.0107. The van der Waals surface area contributed by atoms with E-state index in [1.807, 2.05) is 0 Å². The molecule has 0 bridgehead atoms. The van der Waals surface area contributed by atoms with Crippen molar-refractivity contribution >= 4 is 15.9 Å². The van der Waals surface area contributed by atoms with Gasteiger partial charge in [-0.3, -0.25) is 9.78 Å². The average Bonchev–Trinajstić information content (AvgIpc) is 3.68. The second-order valence-corrected chi connectivity index (χ2v) is 11.6. The Morgan fingerprint density at radius 1 is 1.03 bits per heavy atom. The molecule has 1 aromatic carbocycles. The van der Waals surface area contributed by atoms with Crippen molar-refractivity contribution in [3.8, 4) is 11.1 Å². The fraction of sp³-hybridized carbons (Fsp3) is 0.385. The number of hydrogen-bond donors (Lipinski definition) is 1. The van der Waals surface area contributed by atoms with Crippen molar-refractivity contribution in [2.75, 3.05) is 0 Å². The molecular weight excluding hydrogens is 538 g/mol. The number of carbonyl (C=O) groups excluding carboxylic acids is 1. The molecule has 3 heterocycles. The number of halogens is 4. The zero-order valence-electron chi connectivity index (χ0n) is 20.8. The van der Waals surface area contributed by atoms with Gasteiger partial charge in [0.05, 0.1) is 17.1 Å². The first-order valence-electron chi connectivity index (χ1n) is 12.4. The molecule has 206 valence electrons. The number of hydrogen-bond acceptors (Lipinski definition) is 6. The minimum Gasteiger partial charge on any atom is -0.349 e. The van der Waals surface area contributed by atoms with Gasteiger partial charge in [0.25, 0.3) is 0 Å². The molecule has 0 unspecified atom stereocenters. The molecule has 1 aliphatic carbocycles. The number of nitrogens with one attached hydrogen (secondary N) is 1. The lowest BCUT2D eigenvalue weighted by molar-refractivity contribution is -0.145. The number of sulfonamides is 1. The van der Waals surface area contributed by atoms with Gasteiger partial charge in [0, 0.05) is 35.6 Å². The Kier molecular flexibility index (Phi) is 7.14. The number of carbonyl (C=O) groups is 1. The van der Waals surface area contributed by atoms with Crippen molar-refractivity contribution in [2.24, 2.45) is 0 Å². The number of aromatic nitrogens is 3. The number of nitrogens with zero attached hydrogens (tertiary/aromatic N) is 4. The van der Waals surface area contributed by atoms with E-state index in [1.165, 1.54) is 12.1 Å². The molecule has 2 fully saturated rings. The fourth-order valence-electron chi connectivity index (χ4n) is 4.72. The molecule has 0 radical (unpaired) electrons. The van der Waals surface area contributed by atoms with E-state index in [0.29, 0.717) is 29.7 Å². The van der Waals surface area contributed by atoms with Crippen LogP contribution in [0, 0.1) is 5.82 Å². The predicted molar refractivity (Wildman–Crippen MR) is 132 cm³/mol. The molecule has 1 aliphatic heterocycles. The monoisotopic (exact) mass is 563 g/mol. The summed E-state index contributed by atoms with van der Waals surface area (Å²) in [6.45, 7) is 1.70. The van der Waals surface area contributed by atoms with Gasteiger partial charge in [0.15, 0.2) is 0 Å². The summed E-state index contributed by atoms with van der Waals surface area (Å²) < 4.78 is 79.7. The Balaban J connectivity index is 1.35. The van der Waals surface area contributed by atoms with Gasteiger partial charge in [0.1, 0.15) is 11.9 Å². The first kappa shape index (κ1) is 27.1. The molecular formula is C26H25F4N5O3S. The number of alkyl halides is 3. The van der Waals surface area contributed by atoms with Crippen LogP contribution in [0.25, 0.3) is 11.1 Å². The van der Waals surface area contributed by atoms with Gasteiger partial charge in [0.2, 0.25) is 21.8 Å². The van der Waals surface area contributed by atoms with Crippen molar-refractivity contribution in [3.63, 3.8) is 0 Å². The highest BCUT2D eigenvalue weighted by molar-refractivity contribution is 7.89. The molecule has 13 heteroatoms. The Hall–Kier alpha value is -3.45. The van der Waals surface area contributed by atoms with E-state index in [9.17, 15) is 30.8 Å². The third-order valence-corrected chi connectivity index (χ3v) is 8.90. The number of benzene rings is 1. The highest BCUT2D eigenvalue weighted by Gasteiger charge is 2.43. The zero-order chi connectivity index (χ0) is 27.9. The van der Waals surface area contributed by atoms with Crippen molar-refractivity contribution in [1.29, 1.82) is 0 Å². The molecule has 1 saturated carbocycles. The second kappa shape index (κ2) is 10.3. The van der Waals surface area contributed by atoms with Crippen molar-refractivity contribution < 1.29 is 30.8 Å². The van der Waals surface area contributed by atoms with Crippen LogP contribution in [-0.2, 0) is 27.5 Å². The normalized spacial score (nSPS) is 20.2. The molecule has 2 aliphatic rings. The minimum atomic E-state index is -4.65. The van der Waals surface area contributed by atoms with Crippen LogP contribution >= 0.6 is 0 Å². The predicted octanol–water partition coefficient (Wildman–Crippen LogP) is 4.43. The lowest BCUT2D eigenvalue weighted by atomic mass is 10.1. The van der Waals surface area contributed by atoms with E-state index in [0.717, 1.165) is 47.4 Å². The molecule has 3 aromatic rings. The maximum absolute atomic E-state index is 13.3. The van der Waals surface area contributed by atoms with Crippen LogP contribution in [0.15, 0.2) is 53.7 Å². The largest absolute Gasteiger partial charge is 0.451 e. The third kappa shape index (κ3) is 5.78. The van der Waals surface area contributed by atoms with Gasteiger partial charge in [-0.2, -0.15) is 17.5 Å². The van der Waals surface area contributed by atoms with Gasteiger partial charge in [-0.15, -0.1) is 0 Å². The van der Waals surface area contributed by atoms with E-state index in [-0.39, 0.29) is 17.4 Å². The maximum Gasteiger partial charge on any atom is 0.451 e. The fourth-order valence-corrected chi connectivity index (χ4v) is 6.55. The first-order valence-corrected chi connectivity index (χ1v) is 13.8. The van der Waals surface area contributed by atoms with Crippen LogP contribution in [0.4, 0.5) is 17.6 Å². The highest BCUT2D eigenvalue weighted by atomic mass is 32.2. The van der Waals surface area contributed by atoms with Crippen LogP contribution in [0.5, 0.6) is 0 Å². The van der Waals surface area contributed by atoms with Gasteiger partial charge in [-0.25, -0.2) is 22.8 Å². The lowest BCUT2D eigenvalue weighted by Crippen LogP contribution is -2.48. The van der Waals surface area contributed by atoms with Crippen LogP contribution < -0.4 is 5.32 Å². The SMILES string of the molecule is C[C@H]1CC[C@@H](C(=O)NCc2cc(-c3cnc(C(F)(F)F)nc3)cc(C3CC3)n2)N1S(=O)(=O)c1ccc(F)cc1. The molecule has 8 nitrogen and oxygen atoms in total. The van der Waals surface area contributed by atoms with Crippen molar-refractivity contribution in [2.45, 2.75) is 68.2 Å². The summed E-state index contributed by atoms with van der Waals surface area (Å²) in [5, 5.41) is 2.77. The number of amides is 1. The molecule has 0 spiro atoms. The second-order valence-electron chi connectivity index (χ2n) is 9.79. The topological polar surface area (TPSA) is 105 Å². The highest BCUT2D eigenvalue weighted by Crippen LogP contribution is 2.40. The Labute approximate surface area is 222 Å². The van der Waals surface area contributed by atoms with Gasteiger partial charge in [-0.05, 0) is 74.6 Å². The Morgan fingerprint density at radius 2 is 1.69 bits per heavy atom. The molecule has 39 heavy (non-hydrogen) atoms. The lowest BCUT2D eigenvalue weighted by Gasteiger charge is -2.27. The molecule has 2 aromatic heterocycles. The van der Waals surface area contributed by atoms with E-state index in [2.05, 4.69) is 20.3 Å². The molecule has 1 amide bonds. The quantitative estimate of drug-likeness (QED) is 0.427. The Morgan fingerprint density at radius 3 is 2.31 bits per heavy atom. The van der Waals surface area contributed by atoms with E-state index in [1.54, 1.807) is 19.1 Å². The molecule has 2 atom stereocenters. The summed E-state index contributed by atoms with van der Waals surface area (Å²) in [6.07, 6.45) is 0.207. The first-order chi connectivity index (χ1) is 18.4. The third-order valence-electron chi connectivity index (χ3n) is 6.87. The van der Waals surface area contributed by atoms with Crippen LogP contribution in [-0.4, -0.2) is 45.7 Å². The van der Waals surface area contributed by atoms with E-state index < -0.39 is 45.8 Å². The van der Waals surface area contributed by atoms with Crippen LogP contribution in [0.2, 0.25) is 0 Å². The number of rotatable bonds is 7. The summed E-state index contributed by atoms with van der Waals surface area (Å²) in [5.74, 6) is -2.08. The van der Waals surface area contributed by atoms with Crippen LogP contribution in [0.1, 0.15) is 55.7 Å². The van der Waals surface area contributed by atoms with Crippen molar-refractivity contribution in [3.05, 3.63) is 71.8 Å². The summed E-state index contributed by atoms with van der Waals surface area (Å²) in [5.41, 5.74) is 2.18. The summed E-state index contributed by atoms with van der Waals surface area (Å²) >= 11 is 0. The average molecular weight is 564 g/mol. The number of pyridine rings is 1. The molecule has 5 rings (SSSR count). The summed E-state index contributed by atoms with van der Waals surface area (Å²) in [4.78, 5) is 24.6.